The Bertz CT molecular complexity index is 1160. The van der Waals surface area contributed by atoms with Gasteiger partial charge in [-0.05, 0) is 49.9 Å². The molecule has 0 aliphatic rings. The minimum atomic E-state index is -3.81. The second-order valence-electron chi connectivity index (χ2n) is 7.15. The van der Waals surface area contributed by atoms with Crippen molar-refractivity contribution in [1.82, 2.24) is 14.9 Å². The molecule has 1 heterocycles. The van der Waals surface area contributed by atoms with Crippen LogP contribution in [0.3, 0.4) is 0 Å². The van der Waals surface area contributed by atoms with Crippen LogP contribution in [0, 0.1) is 6.92 Å². The zero-order valence-corrected chi connectivity index (χ0v) is 19.6. The Morgan fingerprint density at radius 1 is 1.12 bits per heavy atom. The third kappa shape index (κ3) is 6.59. The normalized spacial score (nSPS) is 11.3. The van der Waals surface area contributed by atoms with Gasteiger partial charge in [0.25, 0.3) is 15.9 Å². The largest absolute Gasteiger partial charge is 0.493 e. The minimum absolute atomic E-state index is 0.124. The van der Waals surface area contributed by atoms with Gasteiger partial charge in [-0.15, -0.1) is 10.2 Å². The SMILES string of the molecule is CCCOc1ccccc1CCCNS(=O)(=O)c1nnc(NC(=O)c2cccc(C)c2)s1. The Morgan fingerprint density at radius 2 is 1.94 bits per heavy atom. The van der Waals surface area contributed by atoms with Gasteiger partial charge in [0.1, 0.15) is 5.75 Å². The molecule has 32 heavy (non-hydrogen) atoms. The smallest absolute Gasteiger partial charge is 0.269 e. The lowest BCUT2D eigenvalue weighted by molar-refractivity contribution is 0.102. The summed E-state index contributed by atoms with van der Waals surface area (Å²) >= 11 is 0.808. The van der Waals surface area contributed by atoms with Crippen LogP contribution in [0.15, 0.2) is 52.9 Å². The number of carbonyl (C=O) groups excluding carboxylic acids is 1. The molecule has 10 heteroatoms. The number of hydrogen-bond donors (Lipinski definition) is 2. The summed E-state index contributed by atoms with van der Waals surface area (Å²) in [5.41, 5.74) is 2.45. The molecule has 3 aromatic rings. The maximum Gasteiger partial charge on any atom is 0.269 e. The molecule has 2 N–H and O–H groups in total. The fourth-order valence-corrected chi connectivity index (χ4v) is 4.94. The van der Waals surface area contributed by atoms with Crippen LogP contribution in [0.5, 0.6) is 5.75 Å². The summed E-state index contributed by atoms with van der Waals surface area (Å²) < 4.78 is 33.1. The number of rotatable bonds is 11. The molecule has 0 saturated carbocycles. The summed E-state index contributed by atoms with van der Waals surface area (Å²) in [5.74, 6) is 0.459. The molecule has 0 aliphatic carbocycles. The molecule has 0 saturated heterocycles. The lowest BCUT2D eigenvalue weighted by atomic mass is 10.1. The molecule has 0 radical (unpaired) electrons. The van der Waals surface area contributed by atoms with Crippen LogP contribution in [0.4, 0.5) is 5.13 Å². The average molecular weight is 475 g/mol. The highest BCUT2D eigenvalue weighted by molar-refractivity contribution is 7.91. The first-order valence-electron chi connectivity index (χ1n) is 10.3. The summed E-state index contributed by atoms with van der Waals surface area (Å²) in [7, 11) is -3.81. The number of para-hydroxylation sites is 1. The van der Waals surface area contributed by atoms with Crippen molar-refractivity contribution in [2.75, 3.05) is 18.5 Å². The van der Waals surface area contributed by atoms with Crippen molar-refractivity contribution in [1.29, 1.82) is 0 Å². The highest BCUT2D eigenvalue weighted by atomic mass is 32.2. The number of hydrogen-bond acceptors (Lipinski definition) is 7. The van der Waals surface area contributed by atoms with Gasteiger partial charge in [0, 0.05) is 12.1 Å². The van der Waals surface area contributed by atoms with Gasteiger partial charge >= 0.3 is 0 Å². The van der Waals surface area contributed by atoms with E-state index in [1.807, 2.05) is 44.2 Å². The first kappa shape index (κ1) is 23.8. The number of sulfonamides is 1. The maximum absolute atomic E-state index is 12.5. The van der Waals surface area contributed by atoms with E-state index in [2.05, 4.69) is 20.2 Å². The summed E-state index contributed by atoms with van der Waals surface area (Å²) in [5, 5.41) is 10.2. The van der Waals surface area contributed by atoms with E-state index in [1.165, 1.54) is 0 Å². The first-order chi connectivity index (χ1) is 15.4. The van der Waals surface area contributed by atoms with Gasteiger partial charge in [-0.2, -0.15) is 0 Å². The molecular formula is C22H26N4O4S2. The lowest BCUT2D eigenvalue weighted by Gasteiger charge is -2.10. The Morgan fingerprint density at radius 3 is 2.72 bits per heavy atom. The molecule has 0 atom stereocenters. The molecule has 2 aromatic carbocycles. The highest BCUT2D eigenvalue weighted by Crippen LogP contribution is 2.22. The maximum atomic E-state index is 12.5. The van der Waals surface area contributed by atoms with Gasteiger partial charge in [-0.3, -0.25) is 10.1 Å². The molecule has 0 fully saturated rings. The molecule has 0 bridgehead atoms. The summed E-state index contributed by atoms with van der Waals surface area (Å²) in [6, 6.07) is 14.8. The summed E-state index contributed by atoms with van der Waals surface area (Å²) in [6.07, 6.45) is 2.20. The molecule has 3 rings (SSSR count). The predicted molar refractivity (Wildman–Crippen MR) is 125 cm³/mol. The predicted octanol–water partition coefficient (Wildman–Crippen LogP) is 3.80. The number of anilines is 1. The topological polar surface area (TPSA) is 110 Å². The van der Waals surface area contributed by atoms with E-state index in [1.54, 1.807) is 18.2 Å². The van der Waals surface area contributed by atoms with E-state index in [0.717, 1.165) is 34.6 Å². The Labute approximate surface area is 192 Å². The molecular weight excluding hydrogens is 448 g/mol. The number of nitrogens with one attached hydrogen (secondary N) is 2. The van der Waals surface area contributed by atoms with Crippen LogP contribution in [0.2, 0.25) is 0 Å². The molecule has 1 amide bonds. The minimum Gasteiger partial charge on any atom is -0.493 e. The van der Waals surface area contributed by atoms with Gasteiger partial charge < -0.3 is 4.74 Å². The Hall–Kier alpha value is -2.82. The van der Waals surface area contributed by atoms with Crippen molar-refractivity contribution >= 4 is 32.4 Å². The first-order valence-corrected chi connectivity index (χ1v) is 12.6. The van der Waals surface area contributed by atoms with E-state index < -0.39 is 10.0 Å². The summed E-state index contributed by atoms with van der Waals surface area (Å²) in [4.78, 5) is 12.3. The van der Waals surface area contributed by atoms with Gasteiger partial charge in [0.05, 0.1) is 6.61 Å². The number of amides is 1. The molecule has 0 aliphatic heterocycles. The molecule has 0 unspecified atom stereocenters. The van der Waals surface area contributed by atoms with E-state index in [9.17, 15) is 13.2 Å². The number of carbonyl (C=O) groups is 1. The summed E-state index contributed by atoms with van der Waals surface area (Å²) in [6.45, 7) is 4.82. The van der Waals surface area contributed by atoms with E-state index in [0.29, 0.717) is 25.0 Å². The highest BCUT2D eigenvalue weighted by Gasteiger charge is 2.21. The van der Waals surface area contributed by atoms with Crippen molar-refractivity contribution in [3.05, 3.63) is 65.2 Å². The third-order valence-corrected chi connectivity index (χ3v) is 7.15. The number of nitrogens with zero attached hydrogens (tertiary/aromatic N) is 2. The van der Waals surface area contributed by atoms with E-state index in [4.69, 9.17) is 4.74 Å². The number of aromatic nitrogens is 2. The fraction of sp³-hybridized carbons (Fsp3) is 0.318. The zero-order chi connectivity index (χ0) is 23.0. The van der Waals surface area contributed by atoms with E-state index >= 15 is 0 Å². The van der Waals surface area contributed by atoms with Crippen LogP contribution in [0.1, 0.15) is 41.3 Å². The Balaban J connectivity index is 1.53. The van der Waals surface area contributed by atoms with Crippen molar-refractivity contribution in [3.63, 3.8) is 0 Å². The molecule has 8 nitrogen and oxygen atoms in total. The van der Waals surface area contributed by atoms with Gasteiger partial charge in [0.2, 0.25) is 9.47 Å². The van der Waals surface area contributed by atoms with Crippen LogP contribution >= 0.6 is 11.3 Å². The quantitative estimate of drug-likeness (QED) is 0.323. The van der Waals surface area contributed by atoms with Crippen LogP contribution in [-0.2, 0) is 16.4 Å². The zero-order valence-electron chi connectivity index (χ0n) is 18.0. The second kappa shape index (κ2) is 11.2. The standard InChI is InChI=1S/C22H26N4O4S2/c1-3-14-30-19-12-5-4-9-17(19)11-7-13-23-32(28,29)22-26-25-21(31-22)24-20(27)18-10-6-8-16(2)15-18/h4-6,8-10,12,15,23H,3,7,11,13-14H2,1-2H3,(H,24,25,27). The van der Waals surface area contributed by atoms with Gasteiger partial charge in [-0.1, -0.05) is 54.2 Å². The monoisotopic (exact) mass is 474 g/mol. The van der Waals surface area contributed by atoms with Crippen molar-refractivity contribution in [2.24, 2.45) is 0 Å². The van der Waals surface area contributed by atoms with Gasteiger partial charge in [-0.25, -0.2) is 13.1 Å². The van der Waals surface area contributed by atoms with E-state index in [-0.39, 0.29) is 21.9 Å². The number of benzene rings is 2. The molecule has 170 valence electrons. The van der Waals surface area contributed by atoms with Gasteiger partial charge in [0.15, 0.2) is 0 Å². The Kier molecular flexibility index (Phi) is 8.32. The van der Waals surface area contributed by atoms with Crippen LogP contribution < -0.4 is 14.8 Å². The number of ether oxygens (including phenoxy) is 1. The van der Waals surface area contributed by atoms with Crippen molar-refractivity contribution < 1.29 is 17.9 Å². The lowest BCUT2D eigenvalue weighted by Crippen LogP contribution is -2.25. The molecule has 0 spiro atoms. The van der Waals surface area contributed by atoms with Crippen LogP contribution in [-0.4, -0.2) is 37.7 Å². The van der Waals surface area contributed by atoms with Crippen molar-refractivity contribution in [3.8, 4) is 5.75 Å². The number of aryl methyl sites for hydroxylation is 2. The van der Waals surface area contributed by atoms with Crippen molar-refractivity contribution in [2.45, 2.75) is 37.4 Å². The second-order valence-corrected chi connectivity index (χ2v) is 10.1. The fourth-order valence-electron chi connectivity index (χ4n) is 2.93. The molecule has 1 aromatic heterocycles. The third-order valence-electron chi connectivity index (χ3n) is 4.49. The van der Waals surface area contributed by atoms with Crippen LogP contribution in [0.25, 0.3) is 0 Å². The average Bonchev–Trinajstić information content (AvgIpc) is 3.25.